The van der Waals surface area contributed by atoms with Crippen molar-refractivity contribution in [2.24, 2.45) is 5.92 Å². The number of carbonyl (C=O) groups is 3. The average Bonchev–Trinajstić information content (AvgIpc) is 2.65. The molecule has 6 nitrogen and oxygen atoms in total. The third-order valence-corrected chi connectivity index (χ3v) is 3.82. The maximum absolute atomic E-state index is 12.6. The Morgan fingerprint density at radius 2 is 1.58 bits per heavy atom. The fraction of sp³-hybridized carbons (Fsp3) is 0.250. The van der Waals surface area contributed by atoms with Crippen LogP contribution in [0.5, 0.6) is 0 Å². The molecule has 0 aromatic heterocycles. The summed E-state index contributed by atoms with van der Waals surface area (Å²) in [6.45, 7) is 3.70. The van der Waals surface area contributed by atoms with Crippen LogP contribution in [0, 0.1) is 5.92 Å². The van der Waals surface area contributed by atoms with Crippen molar-refractivity contribution in [3.8, 4) is 0 Å². The quantitative estimate of drug-likeness (QED) is 0.781. The van der Waals surface area contributed by atoms with E-state index in [1.807, 2.05) is 19.9 Å². The fourth-order valence-corrected chi connectivity index (χ4v) is 2.41. The van der Waals surface area contributed by atoms with E-state index in [4.69, 9.17) is 0 Å². The number of benzene rings is 2. The molecule has 0 spiro atoms. The van der Waals surface area contributed by atoms with Crippen molar-refractivity contribution in [1.82, 2.24) is 5.32 Å². The predicted molar refractivity (Wildman–Crippen MR) is 98.9 cm³/mol. The Hall–Kier alpha value is -3.15. The third kappa shape index (κ3) is 4.92. The van der Waals surface area contributed by atoms with E-state index in [1.54, 1.807) is 42.5 Å². The van der Waals surface area contributed by atoms with E-state index < -0.39 is 12.0 Å². The Kier molecular flexibility index (Phi) is 6.49. The van der Waals surface area contributed by atoms with Crippen molar-refractivity contribution >= 4 is 23.5 Å². The van der Waals surface area contributed by atoms with Crippen molar-refractivity contribution in [1.29, 1.82) is 0 Å². The number of ether oxygens (including phenoxy) is 1. The van der Waals surface area contributed by atoms with Gasteiger partial charge in [0.1, 0.15) is 6.04 Å². The molecule has 0 fully saturated rings. The van der Waals surface area contributed by atoms with Gasteiger partial charge in [-0.3, -0.25) is 9.59 Å². The Labute approximate surface area is 152 Å². The highest BCUT2D eigenvalue weighted by Crippen LogP contribution is 2.14. The lowest BCUT2D eigenvalue weighted by atomic mass is 10.0. The molecule has 2 rings (SSSR count). The smallest absolute Gasteiger partial charge is 0.337 e. The molecule has 0 aliphatic carbocycles. The molecule has 2 amide bonds. The lowest BCUT2D eigenvalue weighted by molar-refractivity contribution is -0.118. The fourth-order valence-electron chi connectivity index (χ4n) is 2.41. The summed E-state index contributed by atoms with van der Waals surface area (Å²) in [5, 5.41) is 5.50. The van der Waals surface area contributed by atoms with Gasteiger partial charge in [-0.15, -0.1) is 0 Å². The molecule has 1 atom stereocenters. The number of esters is 1. The second-order valence-corrected chi connectivity index (χ2v) is 6.12. The van der Waals surface area contributed by atoms with E-state index in [0.29, 0.717) is 16.8 Å². The standard InChI is InChI=1S/C20H22N2O4/c1-13(2)17(22-18(23)14-8-5-4-6-9-14)19(24)21-16-11-7-10-15(12-16)20(25)26-3/h4-13,17H,1-3H3,(H,21,24)(H,22,23). The summed E-state index contributed by atoms with van der Waals surface area (Å²) >= 11 is 0. The zero-order chi connectivity index (χ0) is 19.1. The Morgan fingerprint density at radius 1 is 0.923 bits per heavy atom. The Morgan fingerprint density at radius 3 is 2.19 bits per heavy atom. The van der Waals surface area contributed by atoms with Crippen LogP contribution in [0.15, 0.2) is 54.6 Å². The summed E-state index contributed by atoms with van der Waals surface area (Å²) in [6.07, 6.45) is 0. The summed E-state index contributed by atoms with van der Waals surface area (Å²) < 4.78 is 4.67. The molecule has 26 heavy (non-hydrogen) atoms. The molecule has 0 saturated carbocycles. The number of carbonyl (C=O) groups excluding carboxylic acids is 3. The normalized spacial score (nSPS) is 11.5. The van der Waals surface area contributed by atoms with Gasteiger partial charge in [-0.25, -0.2) is 4.79 Å². The van der Waals surface area contributed by atoms with Crippen molar-refractivity contribution in [2.75, 3.05) is 12.4 Å². The van der Waals surface area contributed by atoms with Crippen molar-refractivity contribution < 1.29 is 19.1 Å². The van der Waals surface area contributed by atoms with Crippen molar-refractivity contribution in [3.63, 3.8) is 0 Å². The van der Waals surface area contributed by atoms with Gasteiger partial charge in [0.05, 0.1) is 12.7 Å². The minimum Gasteiger partial charge on any atom is -0.465 e. The first-order chi connectivity index (χ1) is 12.4. The van der Waals surface area contributed by atoms with Crippen molar-refractivity contribution in [3.05, 3.63) is 65.7 Å². The molecule has 2 aromatic carbocycles. The second kappa shape index (κ2) is 8.80. The average molecular weight is 354 g/mol. The van der Waals surface area contributed by atoms with Crippen LogP contribution in [-0.2, 0) is 9.53 Å². The van der Waals surface area contributed by atoms with Gasteiger partial charge in [0.15, 0.2) is 0 Å². The maximum atomic E-state index is 12.6. The number of hydrogen-bond donors (Lipinski definition) is 2. The summed E-state index contributed by atoms with van der Waals surface area (Å²) in [5.41, 5.74) is 1.27. The molecule has 0 aliphatic heterocycles. The Balaban J connectivity index is 2.11. The van der Waals surface area contributed by atoms with Crippen LogP contribution in [0.1, 0.15) is 34.6 Å². The van der Waals surface area contributed by atoms with Gasteiger partial charge in [-0.05, 0) is 36.2 Å². The first kappa shape index (κ1) is 19.2. The monoisotopic (exact) mass is 354 g/mol. The molecule has 0 heterocycles. The van der Waals surface area contributed by atoms with Gasteiger partial charge in [0.25, 0.3) is 5.91 Å². The van der Waals surface area contributed by atoms with Gasteiger partial charge in [-0.2, -0.15) is 0 Å². The molecule has 1 unspecified atom stereocenters. The third-order valence-electron chi connectivity index (χ3n) is 3.82. The van der Waals surface area contributed by atoms with Gasteiger partial charge < -0.3 is 15.4 Å². The molecular weight excluding hydrogens is 332 g/mol. The minimum absolute atomic E-state index is 0.119. The van der Waals surface area contributed by atoms with Gasteiger partial charge in [0, 0.05) is 11.3 Å². The molecule has 2 aromatic rings. The molecular formula is C20H22N2O4. The number of methoxy groups -OCH3 is 1. The van der Waals surface area contributed by atoms with E-state index in [-0.39, 0.29) is 17.7 Å². The lowest BCUT2D eigenvalue weighted by Crippen LogP contribution is -2.47. The lowest BCUT2D eigenvalue weighted by Gasteiger charge is -2.22. The highest BCUT2D eigenvalue weighted by atomic mass is 16.5. The number of amides is 2. The topological polar surface area (TPSA) is 84.5 Å². The van der Waals surface area contributed by atoms with E-state index in [2.05, 4.69) is 15.4 Å². The highest BCUT2D eigenvalue weighted by Gasteiger charge is 2.25. The molecule has 0 saturated heterocycles. The molecule has 136 valence electrons. The van der Waals surface area contributed by atoms with Crippen molar-refractivity contribution in [2.45, 2.75) is 19.9 Å². The number of rotatable bonds is 6. The highest BCUT2D eigenvalue weighted by molar-refractivity contribution is 6.01. The van der Waals surface area contributed by atoms with Gasteiger partial charge in [0.2, 0.25) is 5.91 Å². The van der Waals surface area contributed by atoms with Crippen LogP contribution in [-0.4, -0.2) is 30.9 Å². The molecule has 0 aliphatic rings. The molecule has 0 radical (unpaired) electrons. The van der Waals surface area contributed by atoms with Crippen LogP contribution in [0.4, 0.5) is 5.69 Å². The maximum Gasteiger partial charge on any atom is 0.337 e. The molecule has 2 N–H and O–H groups in total. The summed E-state index contributed by atoms with van der Waals surface area (Å²) in [7, 11) is 1.29. The number of nitrogens with one attached hydrogen (secondary N) is 2. The summed E-state index contributed by atoms with van der Waals surface area (Å²) in [5.74, 6) is -1.28. The van der Waals surface area contributed by atoms with Crippen LogP contribution in [0.25, 0.3) is 0 Å². The van der Waals surface area contributed by atoms with Crippen LogP contribution in [0.3, 0.4) is 0 Å². The zero-order valence-corrected chi connectivity index (χ0v) is 15.0. The first-order valence-electron chi connectivity index (χ1n) is 8.27. The minimum atomic E-state index is -0.718. The zero-order valence-electron chi connectivity index (χ0n) is 15.0. The van der Waals surface area contributed by atoms with E-state index >= 15 is 0 Å². The predicted octanol–water partition coefficient (Wildman–Crippen LogP) is 2.87. The number of hydrogen-bond acceptors (Lipinski definition) is 4. The Bertz CT molecular complexity index is 787. The van der Waals surface area contributed by atoms with Crippen LogP contribution >= 0.6 is 0 Å². The molecule has 0 bridgehead atoms. The molecule has 6 heteroatoms. The number of anilines is 1. The van der Waals surface area contributed by atoms with Gasteiger partial charge in [-0.1, -0.05) is 38.1 Å². The summed E-state index contributed by atoms with van der Waals surface area (Å²) in [4.78, 5) is 36.6. The second-order valence-electron chi connectivity index (χ2n) is 6.12. The van der Waals surface area contributed by atoms with E-state index in [1.165, 1.54) is 13.2 Å². The van der Waals surface area contributed by atoms with Crippen LogP contribution in [0.2, 0.25) is 0 Å². The van der Waals surface area contributed by atoms with Crippen LogP contribution < -0.4 is 10.6 Å². The first-order valence-corrected chi connectivity index (χ1v) is 8.27. The SMILES string of the molecule is COC(=O)c1cccc(NC(=O)C(NC(=O)c2ccccc2)C(C)C)c1. The largest absolute Gasteiger partial charge is 0.465 e. The van der Waals surface area contributed by atoms with Gasteiger partial charge >= 0.3 is 5.97 Å². The van der Waals surface area contributed by atoms with E-state index in [9.17, 15) is 14.4 Å². The van der Waals surface area contributed by atoms with E-state index in [0.717, 1.165) is 0 Å². The summed E-state index contributed by atoms with van der Waals surface area (Å²) in [6, 6.07) is 14.4.